The highest BCUT2D eigenvalue weighted by atomic mass is 32.2. The molecule has 1 amide bonds. The molecule has 0 aromatic heterocycles. The molecule has 1 aromatic carbocycles. The van der Waals surface area contributed by atoms with Crippen LogP contribution in [0.3, 0.4) is 0 Å². The summed E-state index contributed by atoms with van der Waals surface area (Å²) in [5.74, 6) is 1.84. The smallest absolute Gasteiger partial charge is 0.252 e. The van der Waals surface area contributed by atoms with Gasteiger partial charge >= 0.3 is 0 Å². The lowest BCUT2D eigenvalue weighted by Crippen LogP contribution is -2.32. The first-order valence-electron chi connectivity index (χ1n) is 6.77. The maximum absolute atomic E-state index is 12.1. The van der Waals surface area contributed by atoms with Crippen LogP contribution in [-0.2, 0) is 0 Å². The van der Waals surface area contributed by atoms with Crippen LogP contribution >= 0.6 is 11.8 Å². The average Bonchev–Trinajstić information content (AvgIpc) is 2.46. The summed E-state index contributed by atoms with van der Waals surface area (Å²) in [5.41, 5.74) is 0.676. The second kappa shape index (κ2) is 8.86. The first kappa shape index (κ1) is 15.9. The molecule has 1 aromatic rings. The van der Waals surface area contributed by atoms with Crippen molar-refractivity contribution in [2.75, 3.05) is 12.9 Å². The zero-order chi connectivity index (χ0) is 14.1. The third-order valence-corrected chi connectivity index (χ3v) is 4.21. The largest absolute Gasteiger partial charge is 0.497 e. The molecule has 0 aliphatic heterocycles. The van der Waals surface area contributed by atoms with E-state index in [9.17, 15) is 4.79 Å². The molecule has 1 N–H and O–H groups in total. The van der Waals surface area contributed by atoms with E-state index in [1.165, 1.54) is 12.8 Å². The van der Waals surface area contributed by atoms with Gasteiger partial charge in [-0.1, -0.05) is 20.3 Å². The highest BCUT2D eigenvalue weighted by Gasteiger charge is 2.12. The summed E-state index contributed by atoms with van der Waals surface area (Å²) in [5, 5.41) is 3.26. The SMILES string of the molecule is CCCCSC(CC)NC(=O)c1ccc(OC)cc1. The summed E-state index contributed by atoms with van der Waals surface area (Å²) in [4.78, 5) is 12.1. The Labute approximate surface area is 120 Å². The van der Waals surface area contributed by atoms with Gasteiger partial charge in [-0.2, -0.15) is 0 Å². The maximum atomic E-state index is 12.1. The standard InChI is InChI=1S/C15H23NO2S/c1-4-6-11-19-14(5-2)16-15(17)12-7-9-13(18-3)10-8-12/h7-10,14H,4-6,11H2,1-3H3,(H,16,17). The molecule has 4 heteroatoms. The lowest BCUT2D eigenvalue weighted by atomic mass is 10.2. The van der Waals surface area contributed by atoms with E-state index in [2.05, 4.69) is 19.2 Å². The highest BCUT2D eigenvalue weighted by molar-refractivity contribution is 7.99. The van der Waals surface area contributed by atoms with Crippen LogP contribution in [0.5, 0.6) is 5.75 Å². The van der Waals surface area contributed by atoms with Gasteiger partial charge in [0.1, 0.15) is 5.75 Å². The van der Waals surface area contributed by atoms with Gasteiger partial charge in [0.25, 0.3) is 5.91 Å². The molecule has 3 nitrogen and oxygen atoms in total. The Morgan fingerprint density at radius 3 is 2.53 bits per heavy atom. The van der Waals surface area contributed by atoms with Crippen molar-refractivity contribution in [1.29, 1.82) is 0 Å². The molecule has 106 valence electrons. The minimum Gasteiger partial charge on any atom is -0.497 e. The first-order valence-corrected chi connectivity index (χ1v) is 7.82. The quantitative estimate of drug-likeness (QED) is 0.583. The summed E-state index contributed by atoms with van der Waals surface area (Å²) < 4.78 is 5.08. The number of rotatable bonds is 8. The number of hydrogen-bond acceptors (Lipinski definition) is 3. The Hall–Kier alpha value is -1.16. The molecule has 1 atom stereocenters. The van der Waals surface area contributed by atoms with E-state index in [0.717, 1.165) is 17.9 Å². The molecule has 19 heavy (non-hydrogen) atoms. The molecule has 0 fully saturated rings. The van der Waals surface area contributed by atoms with Crippen molar-refractivity contribution in [2.24, 2.45) is 0 Å². The number of amides is 1. The molecule has 0 aliphatic rings. The molecule has 0 aliphatic carbocycles. The Morgan fingerprint density at radius 2 is 2.00 bits per heavy atom. The van der Waals surface area contributed by atoms with Crippen molar-refractivity contribution in [3.8, 4) is 5.75 Å². The van der Waals surface area contributed by atoms with Crippen molar-refractivity contribution >= 4 is 17.7 Å². The number of nitrogens with one attached hydrogen (secondary N) is 1. The summed E-state index contributed by atoms with van der Waals surface area (Å²) >= 11 is 1.82. The fourth-order valence-electron chi connectivity index (χ4n) is 1.60. The van der Waals surface area contributed by atoms with Gasteiger partial charge in [0.05, 0.1) is 12.5 Å². The van der Waals surface area contributed by atoms with Gasteiger partial charge in [0.15, 0.2) is 0 Å². The van der Waals surface area contributed by atoms with Crippen LogP contribution in [0, 0.1) is 0 Å². The van der Waals surface area contributed by atoms with Crippen LogP contribution in [0.1, 0.15) is 43.5 Å². The highest BCUT2D eigenvalue weighted by Crippen LogP contribution is 2.16. The molecule has 0 bridgehead atoms. The molecule has 0 saturated carbocycles. The van der Waals surface area contributed by atoms with Gasteiger partial charge in [0.2, 0.25) is 0 Å². The number of ether oxygens (including phenoxy) is 1. The van der Waals surface area contributed by atoms with E-state index >= 15 is 0 Å². The van der Waals surface area contributed by atoms with Crippen LogP contribution in [0.25, 0.3) is 0 Å². The minimum atomic E-state index is -0.0153. The third kappa shape index (κ3) is 5.55. The predicted molar refractivity (Wildman–Crippen MR) is 81.9 cm³/mol. The summed E-state index contributed by atoms with van der Waals surface area (Å²) in [6.07, 6.45) is 3.33. The fraction of sp³-hybridized carbons (Fsp3) is 0.533. The Balaban J connectivity index is 2.51. The van der Waals surface area contributed by atoms with Crippen molar-refractivity contribution in [3.63, 3.8) is 0 Å². The van der Waals surface area contributed by atoms with Gasteiger partial charge in [-0.25, -0.2) is 0 Å². The van der Waals surface area contributed by atoms with Crippen molar-refractivity contribution in [3.05, 3.63) is 29.8 Å². The lowest BCUT2D eigenvalue weighted by Gasteiger charge is -2.16. The normalized spacial score (nSPS) is 11.9. The molecule has 0 spiro atoms. The van der Waals surface area contributed by atoms with Crippen LogP contribution in [0.15, 0.2) is 24.3 Å². The van der Waals surface area contributed by atoms with E-state index in [1.807, 2.05) is 11.8 Å². The van der Waals surface area contributed by atoms with Gasteiger partial charge in [-0.15, -0.1) is 11.8 Å². The topological polar surface area (TPSA) is 38.3 Å². The first-order chi connectivity index (χ1) is 9.21. The maximum Gasteiger partial charge on any atom is 0.252 e. The summed E-state index contributed by atoms with van der Waals surface area (Å²) in [6.45, 7) is 4.27. The number of benzene rings is 1. The fourth-order valence-corrected chi connectivity index (χ4v) is 2.77. The van der Waals surface area contributed by atoms with Crippen molar-refractivity contribution in [1.82, 2.24) is 5.32 Å². The van der Waals surface area contributed by atoms with E-state index < -0.39 is 0 Å². The molecule has 0 radical (unpaired) electrons. The zero-order valence-electron chi connectivity index (χ0n) is 11.9. The van der Waals surface area contributed by atoms with E-state index in [0.29, 0.717) is 5.56 Å². The van der Waals surface area contributed by atoms with E-state index in [-0.39, 0.29) is 11.3 Å². The third-order valence-electron chi connectivity index (χ3n) is 2.83. The van der Waals surface area contributed by atoms with Gasteiger partial charge in [-0.05, 0) is 42.9 Å². The van der Waals surface area contributed by atoms with Crippen molar-refractivity contribution < 1.29 is 9.53 Å². The molecule has 0 saturated heterocycles. The number of methoxy groups -OCH3 is 1. The molecule has 1 unspecified atom stereocenters. The number of carbonyl (C=O) groups excluding carboxylic acids is 1. The van der Waals surface area contributed by atoms with Gasteiger partial charge in [-0.3, -0.25) is 4.79 Å². The van der Waals surface area contributed by atoms with E-state index in [4.69, 9.17) is 4.74 Å². The number of hydrogen-bond donors (Lipinski definition) is 1. The Kier molecular flexibility index (Phi) is 7.41. The molecular weight excluding hydrogens is 258 g/mol. The van der Waals surface area contributed by atoms with Crippen LogP contribution in [0.2, 0.25) is 0 Å². The lowest BCUT2D eigenvalue weighted by molar-refractivity contribution is 0.0949. The zero-order valence-corrected chi connectivity index (χ0v) is 12.8. The van der Waals surface area contributed by atoms with Crippen LogP contribution in [-0.4, -0.2) is 24.1 Å². The number of carbonyl (C=O) groups is 1. The average molecular weight is 281 g/mol. The number of unbranched alkanes of at least 4 members (excludes halogenated alkanes) is 1. The van der Waals surface area contributed by atoms with Crippen molar-refractivity contribution in [2.45, 2.75) is 38.5 Å². The van der Waals surface area contributed by atoms with Gasteiger partial charge in [0, 0.05) is 5.56 Å². The second-order valence-electron chi connectivity index (χ2n) is 4.32. The molecule has 1 rings (SSSR count). The van der Waals surface area contributed by atoms with Gasteiger partial charge < -0.3 is 10.1 Å². The predicted octanol–water partition coefficient (Wildman–Crippen LogP) is 3.69. The Morgan fingerprint density at radius 1 is 1.32 bits per heavy atom. The summed E-state index contributed by atoms with van der Waals surface area (Å²) in [7, 11) is 1.62. The molecular formula is C15H23NO2S. The Bertz CT molecular complexity index is 378. The molecule has 0 heterocycles. The number of thioether (sulfide) groups is 1. The summed E-state index contributed by atoms with van der Waals surface area (Å²) in [6, 6.07) is 7.19. The van der Waals surface area contributed by atoms with E-state index in [1.54, 1.807) is 31.4 Å². The minimum absolute atomic E-state index is 0.0153. The van der Waals surface area contributed by atoms with Crippen LogP contribution < -0.4 is 10.1 Å². The monoisotopic (exact) mass is 281 g/mol. The van der Waals surface area contributed by atoms with Crippen LogP contribution in [0.4, 0.5) is 0 Å². The second-order valence-corrected chi connectivity index (χ2v) is 5.63.